The van der Waals surface area contributed by atoms with Gasteiger partial charge < -0.3 is 9.47 Å². The number of para-hydroxylation sites is 3. The lowest BCUT2D eigenvalue weighted by Gasteiger charge is -2.26. The summed E-state index contributed by atoms with van der Waals surface area (Å²) in [6, 6.07) is 54.0. The van der Waals surface area contributed by atoms with E-state index < -0.39 is 0 Å². The van der Waals surface area contributed by atoms with Crippen LogP contribution in [0.25, 0.3) is 38.6 Å². The van der Waals surface area contributed by atoms with Crippen LogP contribution in [0.3, 0.4) is 0 Å². The van der Waals surface area contributed by atoms with Crippen LogP contribution in [0.2, 0.25) is 0 Å². The Hall–Kier alpha value is -4.60. The molecule has 0 unspecified atom stereocenters. The van der Waals surface area contributed by atoms with Gasteiger partial charge in [0.1, 0.15) is 0 Å². The summed E-state index contributed by atoms with van der Waals surface area (Å²) < 4.78 is 3.45. The minimum absolute atomic E-state index is 1.08. The lowest BCUT2D eigenvalue weighted by molar-refractivity contribution is 1.18. The molecule has 6 aromatic carbocycles. The van der Waals surface area contributed by atoms with Crippen molar-refractivity contribution in [2.24, 2.45) is 0 Å². The van der Waals surface area contributed by atoms with Gasteiger partial charge in [-0.15, -0.1) is 0 Å². The summed E-state index contributed by atoms with van der Waals surface area (Å²) in [5.41, 5.74) is 9.30. The monoisotopic (exact) mass is 564 g/mol. The molecule has 0 spiro atoms. The molecule has 0 radical (unpaired) electrons. The number of fused-ring (bicyclic) bond motifs is 3. The number of hydrogen-bond acceptors (Lipinski definition) is 1. The van der Waals surface area contributed by atoms with Crippen LogP contribution in [-0.2, 0) is 0 Å². The standard InChI is InChI=1S/C36H25BrN2/c37-28-19-15-26(16-20-28)27-17-21-31(22-18-27)38(29-9-3-1-4-10-29)32-23-24-34-33-13-7-8-14-35(33)39(36(34)25-32)30-11-5-2-6-12-30/h1-25H. The van der Waals surface area contributed by atoms with Crippen LogP contribution in [-0.4, -0.2) is 4.57 Å². The highest BCUT2D eigenvalue weighted by atomic mass is 79.9. The molecule has 0 N–H and O–H groups in total. The second-order valence-corrected chi connectivity index (χ2v) is 10.5. The van der Waals surface area contributed by atoms with Crippen molar-refractivity contribution >= 4 is 54.8 Å². The molecule has 0 saturated heterocycles. The van der Waals surface area contributed by atoms with Gasteiger partial charge in [0, 0.05) is 38.0 Å². The molecule has 39 heavy (non-hydrogen) atoms. The normalized spacial score (nSPS) is 11.2. The van der Waals surface area contributed by atoms with Crippen molar-refractivity contribution in [2.75, 3.05) is 4.90 Å². The molecule has 1 heterocycles. The fourth-order valence-corrected chi connectivity index (χ4v) is 5.69. The molecule has 1 aromatic heterocycles. The third-order valence-electron chi connectivity index (χ3n) is 7.25. The number of anilines is 3. The molecule has 0 bridgehead atoms. The SMILES string of the molecule is Brc1ccc(-c2ccc(N(c3ccccc3)c3ccc4c5ccccc5n(-c5ccccc5)c4c3)cc2)cc1. The van der Waals surface area contributed by atoms with E-state index in [1.165, 1.54) is 32.9 Å². The molecule has 0 aliphatic carbocycles. The number of halogens is 1. The maximum absolute atomic E-state index is 3.54. The third kappa shape index (κ3) is 4.31. The van der Waals surface area contributed by atoms with Crippen molar-refractivity contribution in [1.82, 2.24) is 4.57 Å². The molecule has 7 aromatic rings. The maximum atomic E-state index is 3.54. The summed E-state index contributed by atoms with van der Waals surface area (Å²) in [7, 11) is 0. The Morgan fingerprint density at radius 3 is 1.69 bits per heavy atom. The number of benzene rings is 6. The van der Waals surface area contributed by atoms with Gasteiger partial charge in [0.05, 0.1) is 11.0 Å². The molecule has 0 aliphatic heterocycles. The molecule has 0 amide bonds. The Bertz CT molecular complexity index is 1890. The lowest BCUT2D eigenvalue weighted by atomic mass is 10.0. The van der Waals surface area contributed by atoms with Gasteiger partial charge in [0.15, 0.2) is 0 Å². The average Bonchev–Trinajstić information content (AvgIpc) is 3.33. The van der Waals surface area contributed by atoms with Crippen molar-refractivity contribution in [3.8, 4) is 16.8 Å². The van der Waals surface area contributed by atoms with E-state index >= 15 is 0 Å². The minimum atomic E-state index is 1.08. The Kier molecular flexibility index (Phi) is 5.99. The van der Waals surface area contributed by atoms with E-state index in [1.54, 1.807) is 0 Å². The Morgan fingerprint density at radius 2 is 0.974 bits per heavy atom. The molecule has 0 atom stereocenters. The van der Waals surface area contributed by atoms with Crippen LogP contribution >= 0.6 is 15.9 Å². The first-order valence-corrected chi connectivity index (χ1v) is 13.9. The van der Waals surface area contributed by atoms with E-state index in [2.05, 4.69) is 177 Å². The third-order valence-corrected chi connectivity index (χ3v) is 7.78. The minimum Gasteiger partial charge on any atom is -0.310 e. The largest absolute Gasteiger partial charge is 0.310 e. The van der Waals surface area contributed by atoms with Gasteiger partial charge in [-0.05, 0) is 77.9 Å². The van der Waals surface area contributed by atoms with E-state index in [4.69, 9.17) is 0 Å². The summed E-state index contributed by atoms with van der Waals surface area (Å²) in [6.45, 7) is 0. The van der Waals surface area contributed by atoms with Gasteiger partial charge in [-0.2, -0.15) is 0 Å². The first-order valence-electron chi connectivity index (χ1n) is 13.1. The smallest absolute Gasteiger partial charge is 0.0561 e. The zero-order chi connectivity index (χ0) is 26.2. The van der Waals surface area contributed by atoms with E-state index in [-0.39, 0.29) is 0 Å². The fourth-order valence-electron chi connectivity index (χ4n) is 5.42. The molecule has 186 valence electrons. The molecule has 7 rings (SSSR count). The number of hydrogen-bond donors (Lipinski definition) is 0. The first-order chi connectivity index (χ1) is 19.3. The number of aromatic nitrogens is 1. The Labute approximate surface area is 236 Å². The van der Waals surface area contributed by atoms with Gasteiger partial charge in [-0.1, -0.05) is 101 Å². The number of rotatable bonds is 5. The summed E-state index contributed by atoms with van der Waals surface area (Å²) in [6.07, 6.45) is 0. The summed E-state index contributed by atoms with van der Waals surface area (Å²) >= 11 is 3.54. The molecular formula is C36H25BrN2. The highest BCUT2D eigenvalue weighted by Gasteiger charge is 2.17. The highest BCUT2D eigenvalue weighted by Crippen LogP contribution is 2.40. The van der Waals surface area contributed by atoms with Crippen molar-refractivity contribution in [2.45, 2.75) is 0 Å². The van der Waals surface area contributed by atoms with Crippen LogP contribution in [0.15, 0.2) is 156 Å². The maximum Gasteiger partial charge on any atom is 0.0561 e. The van der Waals surface area contributed by atoms with Gasteiger partial charge in [0.25, 0.3) is 0 Å². The van der Waals surface area contributed by atoms with Crippen LogP contribution in [0.4, 0.5) is 17.1 Å². The van der Waals surface area contributed by atoms with E-state index in [9.17, 15) is 0 Å². The van der Waals surface area contributed by atoms with Gasteiger partial charge in [-0.25, -0.2) is 0 Å². The van der Waals surface area contributed by atoms with Crippen molar-refractivity contribution in [3.05, 3.63) is 156 Å². The van der Waals surface area contributed by atoms with E-state index in [1.807, 2.05) is 0 Å². The lowest BCUT2D eigenvalue weighted by Crippen LogP contribution is -2.10. The van der Waals surface area contributed by atoms with Crippen molar-refractivity contribution in [1.29, 1.82) is 0 Å². The predicted octanol–water partition coefficient (Wildman–Crippen LogP) is 10.7. The molecule has 3 heteroatoms. The molecule has 0 fully saturated rings. The van der Waals surface area contributed by atoms with Crippen LogP contribution in [0, 0.1) is 0 Å². The van der Waals surface area contributed by atoms with Gasteiger partial charge in [0.2, 0.25) is 0 Å². The second-order valence-electron chi connectivity index (χ2n) is 9.61. The number of nitrogens with zero attached hydrogens (tertiary/aromatic N) is 2. The zero-order valence-corrected chi connectivity index (χ0v) is 22.8. The van der Waals surface area contributed by atoms with Crippen LogP contribution in [0.5, 0.6) is 0 Å². The molecule has 0 saturated carbocycles. The van der Waals surface area contributed by atoms with Crippen LogP contribution in [0.1, 0.15) is 0 Å². The zero-order valence-electron chi connectivity index (χ0n) is 21.2. The van der Waals surface area contributed by atoms with Crippen LogP contribution < -0.4 is 4.90 Å². The molecular weight excluding hydrogens is 540 g/mol. The quantitative estimate of drug-likeness (QED) is 0.202. The average molecular weight is 566 g/mol. The second kappa shape index (κ2) is 9.94. The summed E-state index contributed by atoms with van der Waals surface area (Å²) in [5.74, 6) is 0. The topological polar surface area (TPSA) is 8.17 Å². The van der Waals surface area contributed by atoms with Gasteiger partial charge >= 0.3 is 0 Å². The van der Waals surface area contributed by atoms with Crippen molar-refractivity contribution in [3.63, 3.8) is 0 Å². The Balaban J connectivity index is 1.41. The molecule has 2 nitrogen and oxygen atoms in total. The summed E-state index contributed by atoms with van der Waals surface area (Å²) in [4.78, 5) is 2.33. The van der Waals surface area contributed by atoms with Gasteiger partial charge in [-0.3, -0.25) is 0 Å². The Morgan fingerprint density at radius 1 is 0.436 bits per heavy atom. The highest BCUT2D eigenvalue weighted by molar-refractivity contribution is 9.10. The van der Waals surface area contributed by atoms with E-state index in [0.717, 1.165) is 27.2 Å². The molecule has 0 aliphatic rings. The first kappa shape index (κ1) is 23.5. The predicted molar refractivity (Wildman–Crippen MR) is 169 cm³/mol. The summed E-state index contributed by atoms with van der Waals surface area (Å²) in [5, 5.41) is 2.50. The van der Waals surface area contributed by atoms with E-state index in [0.29, 0.717) is 0 Å². The van der Waals surface area contributed by atoms with Crippen molar-refractivity contribution < 1.29 is 0 Å². The fraction of sp³-hybridized carbons (Fsp3) is 0.